The summed E-state index contributed by atoms with van der Waals surface area (Å²) in [6.45, 7) is 4.63. The van der Waals surface area contributed by atoms with Crippen LogP contribution in [0.4, 0.5) is 4.39 Å². The number of halogens is 1. The van der Waals surface area contributed by atoms with Crippen LogP contribution in [0.3, 0.4) is 0 Å². The van der Waals surface area contributed by atoms with Crippen LogP contribution in [0, 0.1) is 5.82 Å². The van der Waals surface area contributed by atoms with E-state index < -0.39 is 6.29 Å². The van der Waals surface area contributed by atoms with Crippen molar-refractivity contribution >= 4 is 0 Å². The minimum Gasteiger partial charge on any atom is -0.424 e. The summed E-state index contributed by atoms with van der Waals surface area (Å²) in [6.07, 6.45) is 0.933. The highest BCUT2D eigenvalue weighted by atomic mass is 19.1. The van der Waals surface area contributed by atoms with Gasteiger partial charge in [0, 0.05) is 11.8 Å². The minimum absolute atomic E-state index is 0.191. The molecule has 0 bridgehead atoms. The highest BCUT2D eigenvalue weighted by molar-refractivity contribution is 5.76. The van der Waals surface area contributed by atoms with Crippen LogP contribution in [0.15, 0.2) is 79.0 Å². The van der Waals surface area contributed by atoms with Crippen molar-refractivity contribution in [3.8, 4) is 34.4 Å². The lowest BCUT2D eigenvalue weighted by Gasteiger charge is -2.22. The maximum absolute atomic E-state index is 13.5. The third kappa shape index (κ3) is 4.27. The summed E-state index contributed by atoms with van der Waals surface area (Å²) in [4.78, 5) is 16.7. The predicted octanol–water partition coefficient (Wildman–Crippen LogP) is 5.07. The molecule has 1 fully saturated rings. The molecule has 5 rings (SSSR count). The zero-order valence-electron chi connectivity index (χ0n) is 17.0. The van der Waals surface area contributed by atoms with Gasteiger partial charge in [-0.3, -0.25) is 0 Å². The van der Waals surface area contributed by atoms with Crippen LogP contribution in [0.1, 0.15) is 12.1 Å². The van der Waals surface area contributed by atoms with Crippen molar-refractivity contribution in [2.24, 2.45) is 0 Å². The molecule has 0 spiro atoms. The van der Waals surface area contributed by atoms with E-state index in [1.807, 2.05) is 30.3 Å². The van der Waals surface area contributed by atoms with Gasteiger partial charge in [-0.15, -0.1) is 0 Å². The van der Waals surface area contributed by atoms with Crippen molar-refractivity contribution < 1.29 is 18.6 Å². The molecule has 3 heterocycles. The van der Waals surface area contributed by atoms with Crippen LogP contribution in [-0.4, -0.2) is 33.1 Å². The van der Waals surface area contributed by atoms with Gasteiger partial charge < -0.3 is 19.2 Å². The second-order valence-electron chi connectivity index (χ2n) is 7.20. The largest absolute Gasteiger partial charge is 0.424 e. The number of hydrogen-bond acceptors (Lipinski definition) is 6. The number of aromatic nitrogens is 4. The number of H-pyrrole nitrogens is 1. The molecule has 32 heavy (non-hydrogen) atoms. The molecule has 7 nitrogen and oxygen atoms in total. The fourth-order valence-corrected chi connectivity index (χ4v) is 3.26. The quantitative estimate of drug-likeness (QED) is 0.446. The van der Waals surface area contributed by atoms with Gasteiger partial charge >= 0.3 is 6.01 Å². The first-order valence-corrected chi connectivity index (χ1v) is 9.98. The number of para-hydroxylation sites is 1. The summed E-state index contributed by atoms with van der Waals surface area (Å²) < 4.78 is 30.7. The Morgan fingerprint density at radius 3 is 2.47 bits per heavy atom. The summed E-state index contributed by atoms with van der Waals surface area (Å²) in [6, 6.07) is 17.3. The fraction of sp³-hybridized carbons (Fsp3) is 0.125. The molecule has 0 saturated carbocycles. The number of hydrogen-bond donors (Lipinski definition) is 1. The number of nitrogens with zero attached hydrogens (tertiary/aromatic N) is 3. The lowest BCUT2D eigenvalue weighted by atomic mass is 10.1. The number of nitrogens with one attached hydrogen (secondary N) is 1. The van der Waals surface area contributed by atoms with Crippen molar-refractivity contribution in [1.29, 1.82) is 0 Å². The molecule has 1 saturated heterocycles. The number of rotatable bonds is 5. The molecule has 0 unspecified atom stereocenters. The third-order valence-corrected chi connectivity index (χ3v) is 4.78. The molecule has 0 radical (unpaired) electrons. The normalized spacial score (nSPS) is 14.5. The van der Waals surface area contributed by atoms with Gasteiger partial charge in [0.1, 0.15) is 11.6 Å². The van der Waals surface area contributed by atoms with E-state index >= 15 is 0 Å². The van der Waals surface area contributed by atoms with Crippen LogP contribution >= 0.6 is 0 Å². The molecular weight excluding hydrogens is 411 g/mol. The second-order valence-corrected chi connectivity index (χ2v) is 7.20. The Morgan fingerprint density at radius 2 is 1.72 bits per heavy atom. The van der Waals surface area contributed by atoms with Gasteiger partial charge in [0.2, 0.25) is 6.29 Å². The molecule has 0 aliphatic carbocycles. The number of imidazole rings is 1. The molecule has 0 atom stereocenters. The van der Waals surface area contributed by atoms with Gasteiger partial charge in [0.25, 0.3) is 0 Å². The first-order valence-electron chi connectivity index (χ1n) is 9.98. The van der Waals surface area contributed by atoms with Gasteiger partial charge in [0.15, 0.2) is 5.82 Å². The van der Waals surface area contributed by atoms with Crippen LogP contribution < -0.4 is 4.74 Å². The van der Waals surface area contributed by atoms with Crippen molar-refractivity contribution in [3.05, 3.63) is 90.7 Å². The van der Waals surface area contributed by atoms with E-state index in [9.17, 15) is 4.39 Å². The van der Waals surface area contributed by atoms with Crippen molar-refractivity contribution in [3.63, 3.8) is 0 Å². The average molecular weight is 430 g/mol. The third-order valence-electron chi connectivity index (χ3n) is 4.78. The Morgan fingerprint density at radius 1 is 0.969 bits per heavy atom. The summed E-state index contributed by atoms with van der Waals surface area (Å²) in [5, 5.41) is 0. The molecule has 1 aliphatic heterocycles. The Labute approximate surface area is 183 Å². The maximum atomic E-state index is 13.5. The Kier molecular flexibility index (Phi) is 5.45. The predicted molar refractivity (Wildman–Crippen MR) is 115 cm³/mol. The molecular formula is C24H19FN4O3. The Balaban J connectivity index is 1.54. The number of ether oxygens (including phenoxy) is 3. The molecule has 2 aromatic heterocycles. The van der Waals surface area contributed by atoms with Crippen molar-refractivity contribution in [2.45, 2.75) is 6.29 Å². The van der Waals surface area contributed by atoms with Crippen LogP contribution in [0.25, 0.3) is 22.6 Å². The van der Waals surface area contributed by atoms with Crippen LogP contribution in [-0.2, 0) is 9.47 Å². The summed E-state index contributed by atoms with van der Waals surface area (Å²) in [5.74, 6) is 0.776. The van der Waals surface area contributed by atoms with E-state index in [2.05, 4.69) is 26.5 Å². The summed E-state index contributed by atoms with van der Waals surface area (Å²) in [7, 11) is 0. The number of benzene rings is 2. The molecule has 1 N–H and O–H groups in total. The lowest BCUT2D eigenvalue weighted by molar-refractivity contribution is -0.165. The van der Waals surface area contributed by atoms with Crippen LogP contribution in [0.5, 0.6) is 11.8 Å². The average Bonchev–Trinajstić information content (AvgIpc) is 3.26. The standard InChI is InChI=1S/C24H19FN4O3/c1-15-13-30-23(31-14-15)22-28-20(16-7-9-17(25)10-8-16)21(29-22)19-11-12-26-24(27-19)32-18-5-3-2-4-6-18/h2-12,23H,1,13-14H2,(H,28,29). The highest BCUT2D eigenvalue weighted by Gasteiger charge is 2.25. The molecule has 8 heteroatoms. The van der Waals surface area contributed by atoms with E-state index in [1.165, 1.54) is 12.1 Å². The van der Waals surface area contributed by atoms with E-state index in [0.717, 1.165) is 5.57 Å². The minimum atomic E-state index is -0.671. The van der Waals surface area contributed by atoms with Crippen LogP contribution in [0.2, 0.25) is 0 Å². The van der Waals surface area contributed by atoms with Crippen molar-refractivity contribution in [1.82, 2.24) is 19.9 Å². The van der Waals surface area contributed by atoms with Crippen molar-refractivity contribution in [2.75, 3.05) is 13.2 Å². The summed E-state index contributed by atoms with van der Waals surface area (Å²) >= 11 is 0. The lowest BCUT2D eigenvalue weighted by Crippen LogP contribution is -2.20. The van der Waals surface area contributed by atoms with Gasteiger partial charge in [-0.2, -0.15) is 4.98 Å². The molecule has 0 amide bonds. The van der Waals surface area contributed by atoms with Gasteiger partial charge in [0.05, 0.1) is 30.3 Å². The van der Waals surface area contributed by atoms with E-state index in [-0.39, 0.29) is 11.8 Å². The van der Waals surface area contributed by atoms with E-state index in [0.29, 0.717) is 47.4 Å². The Bertz CT molecular complexity index is 1230. The highest BCUT2D eigenvalue weighted by Crippen LogP contribution is 2.33. The van der Waals surface area contributed by atoms with E-state index in [4.69, 9.17) is 14.2 Å². The molecule has 160 valence electrons. The smallest absolute Gasteiger partial charge is 0.322 e. The molecule has 4 aromatic rings. The zero-order valence-corrected chi connectivity index (χ0v) is 17.0. The molecule has 2 aromatic carbocycles. The van der Waals surface area contributed by atoms with Gasteiger partial charge in [-0.1, -0.05) is 24.8 Å². The first-order chi connectivity index (χ1) is 15.7. The first kappa shape index (κ1) is 20.0. The number of aromatic amines is 1. The maximum Gasteiger partial charge on any atom is 0.322 e. The monoisotopic (exact) mass is 430 g/mol. The van der Waals surface area contributed by atoms with E-state index in [1.54, 1.807) is 24.4 Å². The van der Waals surface area contributed by atoms with Gasteiger partial charge in [-0.05, 0) is 48.0 Å². The fourth-order valence-electron chi connectivity index (χ4n) is 3.26. The topological polar surface area (TPSA) is 82.2 Å². The Hall–Kier alpha value is -3.88. The summed E-state index contributed by atoms with van der Waals surface area (Å²) in [5.41, 5.74) is 3.33. The molecule has 1 aliphatic rings. The SMILES string of the molecule is C=C1COC(c2nc(-c3ccc(F)cc3)c(-c3ccnc(Oc4ccccc4)n3)[nH]2)OC1. The zero-order chi connectivity index (χ0) is 21.9. The van der Waals surface area contributed by atoms with Gasteiger partial charge in [-0.25, -0.2) is 14.4 Å². The second kappa shape index (κ2) is 8.70.